The molecule has 1 aliphatic heterocycles. The average Bonchev–Trinajstić information content (AvgIpc) is 3.05. The van der Waals surface area contributed by atoms with Gasteiger partial charge in [-0.1, -0.05) is 104 Å². The molecule has 3 aromatic carbocycles. The molecule has 0 aromatic heterocycles. The molecule has 1 heterocycles. The lowest BCUT2D eigenvalue weighted by molar-refractivity contribution is 0.00578. The fourth-order valence-electron chi connectivity index (χ4n) is 4.90. The van der Waals surface area contributed by atoms with Gasteiger partial charge in [-0.3, -0.25) is 4.90 Å². The molecule has 0 aliphatic carbocycles. The SMILES string of the molecule is CC[C@@H](B1OC(C)(C)C(C)(C)O1)[C@@H](c1ccccc1)N(Cc1ccccc1)Cc1ccccc1. The summed E-state index contributed by atoms with van der Waals surface area (Å²) in [6, 6.07) is 32.6. The molecule has 0 amide bonds. The summed E-state index contributed by atoms with van der Waals surface area (Å²) >= 11 is 0. The molecule has 0 spiro atoms. The Hall–Kier alpha value is -2.40. The summed E-state index contributed by atoms with van der Waals surface area (Å²) in [6.07, 6.45) is 0.955. The second-order valence-electron chi connectivity index (χ2n) is 10.4. The fraction of sp³-hybridized carbons (Fsp3) is 0.400. The normalized spacial score (nSPS) is 18.7. The van der Waals surface area contributed by atoms with E-state index in [0.29, 0.717) is 0 Å². The molecule has 0 N–H and O–H groups in total. The predicted octanol–water partition coefficient (Wildman–Crippen LogP) is 7.30. The van der Waals surface area contributed by atoms with Crippen molar-refractivity contribution in [3.8, 4) is 0 Å². The maximum Gasteiger partial charge on any atom is 0.463 e. The smallest absolute Gasteiger partial charge is 0.403 e. The van der Waals surface area contributed by atoms with Gasteiger partial charge in [0.05, 0.1) is 11.2 Å². The molecule has 0 bridgehead atoms. The van der Waals surface area contributed by atoms with Crippen LogP contribution >= 0.6 is 0 Å². The molecule has 0 unspecified atom stereocenters. The van der Waals surface area contributed by atoms with E-state index in [1.165, 1.54) is 16.7 Å². The van der Waals surface area contributed by atoms with Gasteiger partial charge in [0, 0.05) is 24.9 Å². The van der Waals surface area contributed by atoms with E-state index >= 15 is 0 Å². The summed E-state index contributed by atoms with van der Waals surface area (Å²) in [4.78, 5) is 2.60. The minimum absolute atomic E-state index is 0.140. The van der Waals surface area contributed by atoms with Crippen LogP contribution in [-0.4, -0.2) is 23.2 Å². The van der Waals surface area contributed by atoms with Gasteiger partial charge < -0.3 is 9.31 Å². The highest BCUT2D eigenvalue weighted by molar-refractivity contribution is 6.47. The molecule has 4 rings (SSSR count). The Balaban J connectivity index is 1.75. The quantitative estimate of drug-likeness (QED) is 0.316. The number of rotatable bonds is 9. The van der Waals surface area contributed by atoms with E-state index in [9.17, 15) is 0 Å². The summed E-state index contributed by atoms with van der Waals surface area (Å²) in [5, 5.41) is 0. The van der Waals surface area contributed by atoms with Crippen molar-refractivity contribution in [1.82, 2.24) is 4.90 Å². The summed E-state index contributed by atoms with van der Waals surface area (Å²) in [6.45, 7) is 12.5. The minimum Gasteiger partial charge on any atom is -0.403 e. The first-order valence-electron chi connectivity index (χ1n) is 12.5. The van der Waals surface area contributed by atoms with Crippen molar-refractivity contribution in [3.63, 3.8) is 0 Å². The van der Waals surface area contributed by atoms with Gasteiger partial charge in [0.25, 0.3) is 0 Å². The fourth-order valence-corrected chi connectivity index (χ4v) is 4.90. The van der Waals surface area contributed by atoms with Crippen LogP contribution < -0.4 is 0 Å². The molecule has 4 heteroatoms. The van der Waals surface area contributed by atoms with Crippen molar-refractivity contribution >= 4 is 7.12 Å². The van der Waals surface area contributed by atoms with Crippen LogP contribution in [0.3, 0.4) is 0 Å². The molecule has 1 aliphatic rings. The third-order valence-electron chi connectivity index (χ3n) is 7.49. The monoisotopic (exact) mass is 455 g/mol. The van der Waals surface area contributed by atoms with E-state index in [4.69, 9.17) is 9.31 Å². The Kier molecular flexibility index (Phi) is 7.62. The molecule has 178 valence electrons. The van der Waals surface area contributed by atoms with Crippen LogP contribution in [-0.2, 0) is 22.4 Å². The van der Waals surface area contributed by atoms with Crippen molar-refractivity contribution < 1.29 is 9.31 Å². The number of hydrogen-bond donors (Lipinski definition) is 0. The molecule has 3 nitrogen and oxygen atoms in total. The molecular weight excluding hydrogens is 417 g/mol. The Morgan fingerprint density at radius 2 is 1.09 bits per heavy atom. The highest BCUT2D eigenvalue weighted by Gasteiger charge is 2.55. The second-order valence-corrected chi connectivity index (χ2v) is 10.4. The summed E-state index contributed by atoms with van der Waals surface area (Å²) < 4.78 is 13.2. The summed E-state index contributed by atoms with van der Waals surface area (Å²) in [5.74, 6) is 0.177. The van der Waals surface area contributed by atoms with Gasteiger partial charge in [0.1, 0.15) is 0 Å². The molecule has 2 atom stereocenters. The van der Waals surface area contributed by atoms with Crippen molar-refractivity contribution in [2.75, 3.05) is 0 Å². The Bertz CT molecular complexity index is 966. The molecule has 1 fully saturated rings. The predicted molar refractivity (Wildman–Crippen MR) is 141 cm³/mol. The third-order valence-corrected chi connectivity index (χ3v) is 7.49. The van der Waals surface area contributed by atoms with Crippen molar-refractivity contribution in [1.29, 1.82) is 0 Å². The van der Waals surface area contributed by atoms with Crippen LogP contribution in [0.4, 0.5) is 0 Å². The lowest BCUT2D eigenvalue weighted by Crippen LogP contribution is -2.41. The number of benzene rings is 3. The van der Waals surface area contributed by atoms with Crippen molar-refractivity contribution in [2.24, 2.45) is 0 Å². The van der Waals surface area contributed by atoms with Crippen LogP contribution in [0.2, 0.25) is 5.82 Å². The van der Waals surface area contributed by atoms with Crippen molar-refractivity contribution in [3.05, 3.63) is 108 Å². The molecular formula is C30H38BNO2. The molecule has 0 radical (unpaired) electrons. The van der Waals surface area contributed by atoms with Gasteiger partial charge in [-0.15, -0.1) is 0 Å². The molecule has 0 saturated carbocycles. The van der Waals surface area contributed by atoms with Crippen LogP contribution in [0.5, 0.6) is 0 Å². The van der Waals surface area contributed by atoms with E-state index in [-0.39, 0.29) is 30.2 Å². The van der Waals surface area contributed by atoms with Gasteiger partial charge in [-0.25, -0.2) is 0 Å². The first kappa shape index (κ1) is 24.7. The van der Waals surface area contributed by atoms with Gasteiger partial charge in [-0.2, -0.15) is 0 Å². The third kappa shape index (κ3) is 5.46. The summed E-state index contributed by atoms with van der Waals surface area (Å²) in [7, 11) is -0.269. The molecule has 3 aromatic rings. The highest BCUT2D eigenvalue weighted by Crippen LogP contribution is 2.47. The van der Waals surface area contributed by atoms with E-state index in [1.54, 1.807) is 0 Å². The van der Waals surface area contributed by atoms with E-state index in [1.807, 2.05) is 0 Å². The lowest BCUT2D eigenvalue weighted by atomic mass is 9.64. The zero-order valence-electron chi connectivity index (χ0n) is 21.3. The van der Waals surface area contributed by atoms with Crippen molar-refractivity contribution in [2.45, 2.75) is 77.2 Å². The first-order valence-corrected chi connectivity index (χ1v) is 12.5. The zero-order valence-corrected chi connectivity index (χ0v) is 21.3. The Morgan fingerprint density at radius 3 is 1.50 bits per heavy atom. The molecule has 1 saturated heterocycles. The zero-order chi connectivity index (χ0) is 24.2. The number of nitrogens with zero attached hydrogens (tertiary/aromatic N) is 1. The van der Waals surface area contributed by atoms with Gasteiger partial charge in [0.2, 0.25) is 0 Å². The average molecular weight is 455 g/mol. The van der Waals surface area contributed by atoms with Gasteiger partial charge in [-0.05, 0) is 44.4 Å². The van der Waals surface area contributed by atoms with Gasteiger partial charge in [0.15, 0.2) is 0 Å². The first-order chi connectivity index (χ1) is 16.3. The summed E-state index contributed by atoms with van der Waals surface area (Å²) in [5.41, 5.74) is 3.22. The topological polar surface area (TPSA) is 21.7 Å². The van der Waals surface area contributed by atoms with Gasteiger partial charge >= 0.3 is 7.12 Å². The number of hydrogen-bond acceptors (Lipinski definition) is 3. The Labute approximate surface area is 206 Å². The van der Waals surface area contributed by atoms with E-state index in [0.717, 1.165) is 19.5 Å². The Morgan fingerprint density at radius 1 is 0.676 bits per heavy atom. The highest BCUT2D eigenvalue weighted by atomic mass is 16.7. The molecule has 34 heavy (non-hydrogen) atoms. The maximum atomic E-state index is 6.62. The standard InChI is InChI=1S/C30H38BNO2/c1-6-27(31-33-29(2,3)30(4,5)34-31)28(26-20-14-9-15-21-26)32(22-24-16-10-7-11-17-24)23-25-18-12-8-13-19-25/h7-21,27-28H,6,22-23H2,1-5H3/t27-,28-/m1/s1. The van der Waals surface area contributed by atoms with Crippen LogP contribution in [0, 0.1) is 0 Å². The van der Waals surface area contributed by atoms with Crippen LogP contribution in [0.1, 0.15) is 63.8 Å². The maximum absolute atomic E-state index is 6.62. The van der Waals surface area contributed by atoms with E-state index < -0.39 is 0 Å². The lowest BCUT2D eigenvalue weighted by Gasteiger charge is -2.38. The largest absolute Gasteiger partial charge is 0.463 e. The minimum atomic E-state index is -0.351. The second kappa shape index (κ2) is 10.5. The van der Waals surface area contributed by atoms with E-state index in [2.05, 4.69) is 131 Å². The van der Waals surface area contributed by atoms with Crippen LogP contribution in [0.15, 0.2) is 91.0 Å². The van der Waals surface area contributed by atoms with Crippen LogP contribution in [0.25, 0.3) is 0 Å².